The number of methoxy groups -OCH3 is 1. The van der Waals surface area contributed by atoms with Crippen LogP contribution in [0.15, 0.2) is 77.7 Å². The number of nitrogens with one attached hydrogen (secondary N) is 1. The van der Waals surface area contributed by atoms with Crippen LogP contribution in [0.5, 0.6) is 5.75 Å². The third-order valence-corrected chi connectivity index (χ3v) is 6.51. The summed E-state index contributed by atoms with van der Waals surface area (Å²) in [6.07, 6.45) is 0. The Hall–Kier alpha value is -2.90. The third-order valence-electron chi connectivity index (χ3n) is 4.03. The van der Waals surface area contributed by atoms with Crippen LogP contribution in [0.3, 0.4) is 0 Å². The number of ether oxygens (including phenoxy) is 1. The van der Waals surface area contributed by atoms with Gasteiger partial charge in [0.05, 0.1) is 22.2 Å². The molecule has 0 aliphatic carbocycles. The predicted molar refractivity (Wildman–Crippen MR) is 109 cm³/mol. The topological polar surface area (TPSA) is 68.3 Å². The number of hydrogen-bond donors (Lipinski definition) is 1. The van der Waals surface area contributed by atoms with Gasteiger partial charge in [0, 0.05) is 11.3 Å². The Morgan fingerprint density at radius 3 is 2.48 bits per heavy atom. The van der Waals surface area contributed by atoms with Gasteiger partial charge in [-0.05, 0) is 48.5 Å². The second kappa shape index (κ2) is 7.02. The van der Waals surface area contributed by atoms with Crippen molar-refractivity contribution < 1.29 is 13.2 Å². The molecule has 4 aromatic rings. The molecule has 0 saturated heterocycles. The summed E-state index contributed by atoms with van der Waals surface area (Å²) in [6.45, 7) is 0. The van der Waals surface area contributed by atoms with E-state index in [2.05, 4.69) is 9.71 Å². The molecule has 0 spiro atoms. The lowest BCUT2D eigenvalue weighted by atomic mass is 10.2. The van der Waals surface area contributed by atoms with E-state index < -0.39 is 10.0 Å². The Labute approximate surface area is 161 Å². The number of fused-ring (bicyclic) bond motifs is 1. The number of benzene rings is 3. The van der Waals surface area contributed by atoms with Crippen LogP contribution in [-0.4, -0.2) is 20.5 Å². The first-order valence-electron chi connectivity index (χ1n) is 8.18. The van der Waals surface area contributed by atoms with E-state index in [9.17, 15) is 8.42 Å². The minimum atomic E-state index is -3.68. The van der Waals surface area contributed by atoms with Crippen LogP contribution in [0.1, 0.15) is 0 Å². The normalized spacial score (nSPS) is 11.4. The van der Waals surface area contributed by atoms with Crippen LogP contribution in [0, 0.1) is 0 Å². The SMILES string of the molecule is COc1ccc(S(=O)(=O)Nc2cccc(-c3nc4ccccc4s3)c2)cc1. The molecule has 0 atom stereocenters. The van der Waals surface area contributed by atoms with Gasteiger partial charge in [0.15, 0.2) is 0 Å². The van der Waals surface area contributed by atoms with Crippen molar-refractivity contribution in [3.8, 4) is 16.3 Å². The second-order valence-corrected chi connectivity index (χ2v) is 8.56. The molecule has 0 aliphatic heterocycles. The molecule has 0 saturated carbocycles. The lowest BCUT2D eigenvalue weighted by Gasteiger charge is -2.09. The fraction of sp³-hybridized carbons (Fsp3) is 0.0500. The van der Waals surface area contributed by atoms with Crippen LogP contribution < -0.4 is 9.46 Å². The summed E-state index contributed by atoms with van der Waals surface area (Å²) in [5.41, 5.74) is 2.29. The summed E-state index contributed by atoms with van der Waals surface area (Å²) >= 11 is 1.58. The lowest BCUT2D eigenvalue weighted by molar-refractivity contribution is 0.414. The van der Waals surface area contributed by atoms with Gasteiger partial charge in [-0.25, -0.2) is 13.4 Å². The molecule has 3 aromatic carbocycles. The highest BCUT2D eigenvalue weighted by Crippen LogP contribution is 2.31. The molecule has 1 heterocycles. The monoisotopic (exact) mass is 396 g/mol. The second-order valence-electron chi connectivity index (χ2n) is 5.85. The number of para-hydroxylation sites is 1. The molecule has 0 radical (unpaired) electrons. The van der Waals surface area contributed by atoms with Gasteiger partial charge in [0.2, 0.25) is 0 Å². The van der Waals surface area contributed by atoms with E-state index in [0.29, 0.717) is 11.4 Å². The molecular weight excluding hydrogens is 380 g/mol. The number of anilines is 1. The molecule has 0 fully saturated rings. The predicted octanol–water partition coefficient (Wildman–Crippen LogP) is 4.77. The number of rotatable bonds is 5. The number of sulfonamides is 1. The average molecular weight is 396 g/mol. The smallest absolute Gasteiger partial charge is 0.261 e. The van der Waals surface area contributed by atoms with Crippen molar-refractivity contribution in [2.45, 2.75) is 4.90 Å². The van der Waals surface area contributed by atoms with Crippen molar-refractivity contribution in [3.05, 3.63) is 72.8 Å². The maximum atomic E-state index is 12.6. The van der Waals surface area contributed by atoms with Gasteiger partial charge in [-0.15, -0.1) is 11.3 Å². The fourth-order valence-electron chi connectivity index (χ4n) is 2.68. The van der Waals surface area contributed by atoms with Crippen LogP contribution in [0.25, 0.3) is 20.8 Å². The van der Waals surface area contributed by atoms with Crippen molar-refractivity contribution in [1.82, 2.24) is 4.98 Å². The Kier molecular flexibility index (Phi) is 4.55. The lowest BCUT2D eigenvalue weighted by Crippen LogP contribution is -2.12. The molecule has 0 unspecified atom stereocenters. The number of thiazole rings is 1. The van der Waals surface area contributed by atoms with Gasteiger partial charge in [0.25, 0.3) is 10.0 Å². The highest BCUT2D eigenvalue weighted by Gasteiger charge is 2.15. The van der Waals surface area contributed by atoms with E-state index in [4.69, 9.17) is 4.74 Å². The molecule has 1 aromatic heterocycles. The van der Waals surface area contributed by atoms with Gasteiger partial charge in [-0.3, -0.25) is 4.72 Å². The summed E-state index contributed by atoms with van der Waals surface area (Å²) in [4.78, 5) is 4.80. The van der Waals surface area contributed by atoms with Crippen molar-refractivity contribution in [2.75, 3.05) is 11.8 Å². The summed E-state index contributed by atoms with van der Waals surface area (Å²) in [5, 5.41) is 0.849. The van der Waals surface area contributed by atoms with Gasteiger partial charge in [-0.2, -0.15) is 0 Å². The zero-order chi connectivity index (χ0) is 18.9. The highest BCUT2D eigenvalue weighted by molar-refractivity contribution is 7.92. The van der Waals surface area contributed by atoms with E-state index in [1.807, 2.05) is 36.4 Å². The van der Waals surface area contributed by atoms with E-state index in [1.54, 1.807) is 35.6 Å². The molecule has 5 nitrogen and oxygen atoms in total. The van der Waals surface area contributed by atoms with Crippen molar-refractivity contribution in [2.24, 2.45) is 0 Å². The molecule has 4 rings (SSSR count). The summed E-state index contributed by atoms with van der Waals surface area (Å²) in [5.74, 6) is 0.604. The molecule has 7 heteroatoms. The molecule has 0 bridgehead atoms. The van der Waals surface area contributed by atoms with Crippen LogP contribution in [0.2, 0.25) is 0 Å². The van der Waals surface area contributed by atoms with Crippen LogP contribution >= 0.6 is 11.3 Å². The summed E-state index contributed by atoms with van der Waals surface area (Å²) in [7, 11) is -2.15. The van der Waals surface area contributed by atoms with Crippen molar-refractivity contribution >= 4 is 37.3 Å². The van der Waals surface area contributed by atoms with E-state index in [0.717, 1.165) is 20.8 Å². The standard InChI is InChI=1S/C20H16N2O3S2/c1-25-16-9-11-17(12-10-16)27(23,24)22-15-6-4-5-14(13-15)20-21-18-7-2-3-8-19(18)26-20/h2-13,22H,1H3. The van der Waals surface area contributed by atoms with Crippen molar-refractivity contribution in [3.63, 3.8) is 0 Å². The van der Waals surface area contributed by atoms with Gasteiger partial charge >= 0.3 is 0 Å². The Morgan fingerprint density at radius 2 is 1.74 bits per heavy atom. The Balaban J connectivity index is 1.63. The highest BCUT2D eigenvalue weighted by atomic mass is 32.2. The molecule has 136 valence electrons. The first-order valence-corrected chi connectivity index (χ1v) is 10.5. The average Bonchev–Trinajstić information content (AvgIpc) is 3.12. The zero-order valence-electron chi connectivity index (χ0n) is 14.4. The molecular formula is C20H16N2O3S2. The first-order chi connectivity index (χ1) is 13.0. The number of hydrogen-bond acceptors (Lipinski definition) is 5. The zero-order valence-corrected chi connectivity index (χ0v) is 16.0. The molecule has 27 heavy (non-hydrogen) atoms. The molecule has 1 N–H and O–H groups in total. The van der Waals surface area contributed by atoms with Crippen molar-refractivity contribution in [1.29, 1.82) is 0 Å². The largest absolute Gasteiger partial charge is 0.497 e. The number of aromatic nitrogens is 1. The van der Waals surface area contributed by atoms with E-state index >= 15 is 0 Å². The van der Waals surface area contributed by atoms with Gasteiger partial charge in [-0.1, -0.05) is 24.3 Å². The summed E-state index contributed by atoms with van der Waals surface area (Å²) in [6, 6.07) is 21.4. The minimum Gasteiger partial charge on any atom is -0.497 e. The molecule has 0 aliphatic rings. The Morgan fingerprint density at radius 1 is 0.963 bits per heavy atom. The quantitative estimate of drug-likeness (QED) is 0.527. The van der Waals surface area contributed by atoms with E-state index in [1.165, 1.54) is 19.2 Å². The Bertz CT molecular complexity index is 1170. The maximum absolute atomic E-state index is 12.6. The summed E-state index contributed by atoms with van der Waals surface area (Å²) < 4.78 is 34.0. The number of nitrogens with zero attached hydrogens (tertiary/aromatic N) is 1. The maximum Gasteiger partial charge on any atom is 0.261 e. The van der Waals surface area contributed by atoms with Gasteiger partial charge < -0.3 is 4.74 Å². The van der Waals surface area contributed by atoms with E-state index in [-0.39, 0.29) is 4.90 Å². The molecule has 0 amide bonds. The van der Waals surface area contributed by atoms with Crippen LogP contribution in [-0.2, 0) is 10.0 Å². The fourth-order valence-corrected chi connectivity index (χ4v) is 4.69. The first kappa shape index (κ1) is 17.5. The third kappa shape index (κ3) is 3.65. The van der Waals surface area contributed by atoms with Crippen LogP contribution in [0.4, 0.5) is 5.69 Å². The van der Waals surface area contributed by atoms with Gasteiger partial charge in [0.1, 0.15) is 10.8 Å². The minimum absolute atomic E-state index is 0.175.